The van der Waals surface area contributed by atoms with Gasteiger partial charge in [-0.3, -0.25) is 9.59 Å². The molecule has 30 heavy (non-hydrogen) atoms. The molecule has 9 heteroatoms. The summed E-state index contributed by atoms with van der Waals surface area (Å²) in [6.07, 6.45) is 0.996. The Labute approximate surface area is 182 Å². The Morgan fingerprint density at radius 1 is 1.23 bits per heavy atom. The van der Waals surface area contributed by atoms with E-state index in [0.717, 1.165) is 10.0 Å². The van der Waals surface area contributed by atoms with Crippen LogP contribution in [-0.2, 0) is 11.3 Å². The largest absolute Gasteiger partial charge is 0.486 e. The van der Waals surface area contributed by atoms with Gasteiger partial charge in [-0.15, -0.1) is 5.10 Å². The van der Waals surface area contributed by atoms with Crippen LogP contribution in [0.1, 0.15) is 23.0 Å². The van der Waals surface area contributed by atoms with Crippen LogP contribution in [0.15, 0.2) is 59.2 Å². The van der Waals surface area contributed by atoms with Gasteiger partial charge in [0.2, 0.25) is 0 Å². The topological polar surface area (TPSA) is 89.4 Å². The van der Waals surface area contributed by atoms with Crippen molar-refractivity contribution in [2.45, 2.75) is 25.6 Å². The van der Waals surface area contributed by atoms with Gasteiger partial charge in [-0.2, -0.15) is 0 Å². The van der Waals surface area contributed by atoms with Crippen molar-refractivity contribution < 1.29 is 14.3 Å². The SMILES string of the molecule is C[C@H]1Oc2ccc(Br)cc2N(C)C(=O)[C@H]1NC(=O)c1cn(Cc2ccccc2)nn1. The lowest BCUT2D eigenvalue weighted by atomic mass is 10.1. The van der Waals surface area contributed by atoms with Crippen LogP contribution in [0.25, 0.3) is 0 Å². The fraction of sp³-hybridized carbons (Fsp3) is 0.238. The van der Waals surface area contributed by atoms with Gasteiger partial charge in [-0.25, -0.2) is 4.68 Å². The minimum atomic E-state index is -0.868. The Morgan fingerprint density at radius 3 is 2.77 bits per heavy atom. The molecule has 0 saturated heterocycles. The van der Waals surface area contributed by atoms with Crippen LogP contribution < -0.4 is 15.0 Å². The normalized spacial score (nSPS) is 18.4. The number of amides is 2. The number of likely N-dealkylation sites (N-methyl/N-ethyl adjacent to an activating group) is 1. The second-order valence-electron chi connectivity index (χ2n) is 7.07. The second-order valence-corrected chi connectivity index (χ2v) is 7.99. The van der Waals surface area contributed by atoms with E-state index >= 15 is 0 Å². The van der Waals surface area contributed by atoms with Crippen molar-refractivity contribution in [3.8, 4) is 5.75 Å². The maximum atomic E-state index is 13.0. The van der Waals surface area contributed by atoms with Gasteiger partial charge in [-0.05, 0) is 30.7 Å². The highest BCUT2D eigenvalue weighted by Crippen LogP contribution is 2.34. The molecule has 4 rings (SSSR count). The fourth-order valence-electron chi connectivity index (χ4n) is 3.29. The fourth-order valence-corrected chi connectivity index (χ4v) is 3.64. The lowest BCUT2D eigenvalue weighted by molar-refractivity contribution is -0.121. The Hall–Kier alpha value is -3.20. The molecule has 0 fully saturated rings. The molecule has 0 bridgehead atoms. The number of nitrogens with zero attached hydrogens (tertiary/aromatic N) is 4. The summed E-state index contributed by atoms with van der Waals surface area (Å²) in [5, 5.41) is 10.7. The van der Waals surface area contributed by atoms with Crippen LogP contribution in [0.3, 0.4) is 0 Å². The van der Waals surface area contributed by atoms with Crippen LogP contribution in [0.4, 0.5) is 5.69 Å². The summed E-state index contributed by atoms with van der Waals surface area (Å²) in [6.45, 7) is 2.25. The van der Waals surface area contributed by atoms with Crippen LogP contribution in [0.5, 0.6) is 5.75 Å². The van der Waals surface area contributed by atoms with Gasteiger partial charge in [0.15, 0.2) is 5.69 Å². The zero-order valence-corrected chi connectivity index (χ0v) is 18.0. The number of hydrogen-bond donors (Lipinski definition) is 1. The molecule has 0 unspecified atom stereocenters. The second kappa shape index (κ2) is 8.27. The average Bonchev–Trinajstić information content (AvgIpc) is 3.18. The van der Waals surface area contributed by atoms with Gasteiger partial charge in [0.05, 0.1) is 18.4 Å². The Bertz CT molecular complexity index is 1090. The van der Waals surface area contributed by atoms with Gasteiger partial charge in [0.25, 0.3) is 11.8 Å². The van der Waals surface area contributed by atoms with Gasteiger partial charge in [0, 0.05) is 11.5 Å². The van der Waals surface area contributed by atoms with Gasteiger partial charge in [-0.1, -0.05) is 51.5 Å². The molecule has 0 radical (unpaired) electrons. The standard InChI is InChI=1S/C21H20BrN5O3/c1-13-19(21(29)26(2)17-10-15(22)8-9-18(17)30-13)23-20(28)16-12-27(25-24-16)11-14-6-4-3-5-7-14/h3-10,12-13,19H,11H2,1-2H3,(H,23,28)/t13-,19+/m1/s1. The van der Waals surface area contributed by atoms with E-state index < -0.39 is 18.1 Å². The van der Waals surface area contributed by atoms with E-state index in [1.54, 1.807) is 37.0 Å². The molecule has 2 aromatic carbocycles. The van der Waals surface area contributed by atoms with Crippen molar-refractivity contribution in [2.75, 3.05) is 11.9 Å². The highest BCUT2D eigenvalue weighted by Gasteiger charge is 2.36. The van der Waals surface area contributed by atoms with E-state index in [0.29, 0.717) is 18.0 Å². The minimum absolute atomic E-state index is 0.137. The maximum Gasteiger partial charge on any atom is 0.274 e. The quantitative estimate of drug-likeness (QED) is 0.634. The first-order valence-electron chi connectivity index (χ1n) is 9.41. The number of halogens is 1. The third-order valence-corrected chi connectivity index (χ3v) is 5.40. The molecule has 1 aliphatic heterocycles. The smallest absolute Gasteiger partial charge is 0.274 e. The number of rotatable bonds is 4. The molecular weight excluding hydrogens is 450 g/mol. The van der Waals surface area contributed by atoms with Crippen LogP contribution in [0.2, 0.25) is 0 Å². The van der Waals surface area contributed by atoms with E-state index in [9.17, 15) is 9.59 Å². The molecule has 1 aliphatic rings. The number of fused-ring (bicyclic) bond motifs is 1. The van der Waals surface area contributed by atoms with E-state index in [4.69, 9.17) is 4.74 Å². The molecule has 2 heterocycles. The molecule has 1 N–H and O–H groups in total. The summed E-state index contributed by atoms with van der Waals surface area (Å²) in [5.74, 6) is -0.180. The van der Waals surface area contributed by atoms with Gasteiger partial charge >= 0.3 is 0 Å². The number of hydrogen-bond acceptors (Lipinski definition) is 5. The minimum Gasteiger partial charge on any atom is -0.486 e. The summed E-state index contributed by atoms with van der Waals surface area (Å²) >= 11 is 3.41. The summed E-state index contributed by atoms with van der Waals surface area (Å²) < 4.78 is 8.36. The molecular formula is C21H20BrN5O3. The first kappa shape index (κ1) is 20.1. The molecule has 0 aliphatic carbocycles. The van der Waals surface area contributed by atoms with Crippen molar-refractivity contribution in [3.05, 3.63) is 70.5 Å². The molecule has 1 aromatic heterocycles. The lowest BCUT2D eigenvalue weighted by Gasteiger charge is -2.23. The number of nitrogens with one attached hydrogen (secondary N) is 1. The number of benzene rings is 2. The highest BCUT2D eigenvalue weighted by atomic mass is 79.9. The molecule has 8 nitrogen and oxygen atoms in total. The third-order valence-electron chi connectivity index (χ3n) is 4.91. The first-order valence-corrected chi connectivity index (χ1v) is 10.2. The van der Waals surface area contributed by atoms with Crippen LogP contribution in [0, 0.1) is 0 Å². The summed E-state index contributed by atoms with van der Waals surface area (Å²) in [6, 6.07) is 14.3. The average molecular weight is 470 g/mol. The molecule has 3 aromatic rings. The van der Waals surface area contributed by atoms with E-state index in [1.807, 2.05) is 36.4 Å². The Balaban J connectivity index is 1.50. The zero-order valence-electron chi connectivity index (χ0n) is 16.4. The van der Waals surface area contributed by atoms with Crippen molar-refractivity contribution in [3.63, 3.8) is 0 Å². The van der Waals surface area contributed by atoms with E-state index in [1.165, 1.54) is 4.90 Å². The van der Waals surface area contributed by atoms with E-state index in [-0.39, 0.29) is 11.6 Å². The van der Waals surface area contributed by atoms with Gasteiger partial charge < -0.3 is 15.0 Å². The van der Waals surface area contributed by atoms with Crippen LogP contribution in [-0.4, -0.2) is 46.0 Å². The van der Waals surface area contributed by atoms with E-state index in [2.05, 4.69) is 31.6 Å². The monoisotopic (exact) mass is 469 g/mol. The summed E-state index contributed by atoms with van der Waals surface area (Å²) in [5.41, 5.74) is 1.81. The highest BCUT2D eigenvalue weighted by molar-refractivity contribution is 9.10. The molecule has 0 spiro atoms. The van der Waals surface area contributed by atoms with Crippen LogP contribution >= 0.6 is 15.9 Å². The molecule has 154 valence electrons. The van der Waals surface area contributed by atoms with Crippen molar-refractivity contribution >= 4 is 33.4 Å². The number of aromatic nitrogens is 3. The lowest BCUT2D eigenvalue weighted by Crippen LogP contribution is -2.53. The molecule has 0 saturated carbocycles. The van der Waals surface area contributed by atoms with Crippen molar-refractivity contribution in [1.82, 2.24) is 20.3 Å². The molecule has 2 atom stereocenters. The Kier molecular flexibility index (Phi) is 5.54. The Morgan fingerprint density at radius 2 is 2.00 bits per heavy atom. The molecule has 2 amide bonds. The predicted octanol–water partition coefficient (Wildman–Crippen LogP) is 2.63. The number of anilines is 1. The van der Waals surface area contributed by atoms with Gasteiger partial charge in [0.1, 0.15) is 17.9 Å². The number of carbonyl (C=O) groups is 2. The maximum absolute atomic E-state index is 13.0. The van der Waals surface area contributed by atoms with Crippen molar-refractivity contribution in [2.24, 2.45) is 0 Å². The third kappa shape index (κ3) is 4.06. The summed E-state index contributed by atoms with van der Waals surface area (Å²) in [4.78, 5) is 27.3. The van der Waals surface area contributed by atoms with Crippen molar-refractivity contribution in [1.29, 1.82) is 0 Å². The number of ether oxygens (including phenoxy) is 1. The summed E-state index contributed by atoms with van der Waals surface area (Å²) in [7, 11) is 1.66. The first-order chi connectivity index (χ1) is 14.4. The zero-order chi connectivity index (χ0) is 21.3. The number of carbonyl (C=O) groups excluding carboxylic acids is 2. The predicted molar refractivity (Wildman–Crippen MR) is 114 cm³/mol.